The Morgan fingerprint density at radius 1 is 0.947 bits per heavy atom. The van der Waals surface area contributed by atoms with Gasteiger partial charge in [0.15, 0.2) is 0 Å². The minimum Gasteiger partial charge on any atom is -0.381 e. The summed E-state index contributed by atoms with van der Waals surface area (Å²) in [4.78, 5) is 0. The summed E-state index contributed by atoms with van der Waals surface area (Å²) < 4.78 is 16.7. The summed E-state index contributed by atoms with van der Waals surface area (Å²) in [5, 5.41) is 3.51. The lowest BCUT2D eigenvalue weighted by Crippen LogP contribution is -2.39. The van der Waals surface area contributed by atoms with Gasteiger partial charge >= 0.3 is 0 Å². The second kappa shape index (κ2) is 8.20. The van der Waals surface area contributed by atoms with Crippen LogP contribution in [0.25, 0.3) is 0 Å². The lowest BCUT2D eigenvalue weighted by Gasteiger charge is -2.31. The smallest absolute Gasteiger partial charge is 0.0971 e. The molecule has 2 atom stereocenters. The van der Waals surface area contributed by atoms with Crippen LogP contribution in [0.4, 0.5) is 0 Å². The molecule has 0 aliphatic carbocycles. The molecule has 2 saturated heterocycles. The van der Waals surface area contributed by atoms with E-state index in [0.717, 1.165) is 45.2 Å². The summed E-state index contributed by atoms with van der Waals surface area (Å²) in [6, 6.07) is 0.519. The molecule has 112 valence electrons. The monoisotopic (exact) mass is 271 g/mol. The fraction of sp³-hybridized carbons (Fsp3) is 1.00. The van der Waals surface area contributed by atoms with Gasteiger partial charge in [-0.3, -0.25) is 5.32 Å². The zero-order valence-corrected chi connectivity index (χ0v) is 12.4. The normalized spacial score (nSPS) is 26.2. The molecule has 2 rings (SSSR count). The second-order valence-electron chi connectivity index (χ2n) is 5.91. The average molecular weight is 271 g/mol. The molecule has 0 amide bonds. The Balaban J connectivity index is 1.59. The largest absolute Gasteiger partial charge is 0.381 e. The van der Waals surface area contributed by atoms with E-state index in [2.05, 4.69) is 19.2 Å². The van der Waals surface area contributed by atoms with Crippen molar-refractivity contribution >= 4 is 0 Å². The fourth-order valence-corrected chi connectivity index (χ4v) is 3.01. The van der Waals surface area contributed by atoms with Gasteiger partial charge in [0.1, 0.15) is 0 Å². The van der Waals surface area contributed by atoms with E-state index in [1.165, 1.54) is 12.8 Å². The highest BCUT2D eigenvalue weighted by atomic mass is 16.5. The van der Waals surface area contributed by atoms with Gasteiger partial charge in [-0.2, -0.15) is 0 Å². The predicted molar refractivity (Wildman–Crippen MR) is 75.1 cm³/mol. The highest BCUT2D eigenvalue weighted by Gasteiger charge is 2.22. The van der Waals surface area contributed by atoms with Crippen LogP contribution in [0.1, 0.15) is 39.5 Å². The van der Waals surface area contributed by atoms with Gasteiger partial charge in [0.05, 0.1) is 12.8 Å². The third kappa shape index (κ3) is 5.03. The van der Waals surface area contributed by atoms with Gasteiger partial charge in [0, 0.05) is 32.5 Å². The molecule has 4 heteroatoms. The molecule has 0 aromatic carbocycles. The summed E-state index contributed by atoms with van der Waals surface area (Å²) >= 11 is 0. The fourth-order valence-electron chi connectivity index (χ4n) is 3.01. The topological polar surface area (TPSA) is 39.7 Å². The van der Waals surface area contributed by atoms with Gasteiger partial charge < -0.3 is 14.2 Å². The first-order valence-electron chi connectivity index (χ1n) is 7.78. The van der Waals surface area contributed by atoms with Crippen LogP contribution in [-0.2, 0) is 14.2 Å². The maximum atomic E-state index is 5.95. The maximum absolute atomic E-state index is 5.95. The van der Waals surface area contributed by atoms with Gasteiger partial charge in [-0.25, -0.2) is 0 Å². The first-order chi connectivity index (χ1) is 9.27. The van der Waals surface area contributed by atoms with Crippen LogP contribution in [0.2, 0.25) is 0 Å². The summed E-state index contributed by atoms with van der Waals surface area (Å²) in [7, 11) is 0. The molecule has 0 aromatic heterocycles. The molecule has 0 aromatic rings. The van der Waals surface area contributed by atoms with E-state index in [1.54, 1.807) is 0 Å². The molecule has 2 aliphatic rings. The zero-order chi connectivity index (χ0) is 13.5. The minimum atomic E-state index is 0.332. The van der Waals surface area contributed by atoms with Gasteiger partial charge in [-0.15, -0.1) is 0 Å². The van der Waals surface area contributed by atoms with Crippen LogP contribution in [0.5, 0.6) is 0 Å². The van der Waals surface area contributed by atoms with E-state index in [4.69, 9.17) is 14.2 Å². The molecule has 4 nitrogen and oxygen atoms in total. The van der Waals surface area contributed by atoms with E-state index in [9.17, 15) is 0 Å². The molecule has 2 fully saturated rings. The van der Waals surface area contributed by atoms with E-state index in [0.29, 0.717) is 24.8 Å². The van der Waals surface area contributed by atoms with E-state index in [1.807, 2.05) is 0 Å². The van der Waals surface area contributed by atoms with E-state index < -0.39 is 0 Å². The van der Waals surface area contributed by atoms with Crippen molar-refractivity contribution in [3.63, 3.8) is 0 Å². The van der Waals surface area contributed by atoms with Crippen molar-refractivity contribution in [3.8, 4) is 0 Å². The van der Waals surface area contributed by atoms with Crippen molar-refractivity contribution < 1.29 is 14.2 Å². The van der Waals surface area contributed by atoms with E-state index in [-0.39, 0.29) is 0 Å². The predicted octanol–water partition coefficient (Wildman–Crippen LogP) is 2.18. The minimum absolute atomic E-state index is 0.332. The van der Waals surface area contributed by atoms with Crippen LogP contribution in [0.3, 0.4) is 0 Å². The molecular formula is C15H29NO3. The third-order valence-corrected chi connectivity index (χ3v) is 4.65. The van der Waals surface area contributed by atoms with Crippen molar-refractivity contribution in [2.24, 2.45) is 11.8 Å². The quantitative estimate of drug-likeness (QED) is 0.752. The number of ether oxygens (including phenoxy) is 3. The number of nitrogens with one attached hydrogen (secondary N) is 1. The lowest BCUT2D eigenvalue weighted by atomic mass is 9.93. The Labute approximate surface area is 117 Å². The van der Waals surface area contributed by atoms with Crippen molar-refractivity contribution in [2.75, 3.05) is 33.2 Å². The molecule has 19 heavy (non-hydrogen) atoms. The molecule has 2 heterocycles. The van der Waals surface area contributed by atoms with Crippen molar-refractivity contribution in [1.82, 2.24) is 5.32 Å². The van der Waals surface area contributed by atoms with Crippen LogP contribution in [-0.4, -0.2) is 45.3 Å². The van der Waals surface area contributed by atoms with Crippen LogP contribution in [0.15, 0.2) is 0 Å². The van der Waals surface area contributed by atoms with Gasteiger partial charge in [-0.05, 0) is 51.4 Å². The summed E-state index contributed by atoms with van der Waals surface area (Å²) in [5.74, 6) is 1.39. The standard InChI is InChI=1S/C15H29NO3/c1-12(14-3-7-17-8-4-14)16-11-19-13(2)15-5-9-18-10-6-15/h12-16H,3-11H2,1-2H3. The zero-order valence-electron chi connectivity index (χ0n) is 12.4. The summed E-state index contributed by atoms with van der Waals surface area (Å²) in [6.45, 7) is 8.73. The summed E-state index contributed by atoms with van der Waals surface area (Å²) in [6.07, 6.45) is 4.94. The molecule has 2 aliphatic heterocycles. The Morgan fingerprint density at radius 2 is 1.47 bits per heavy atom. The van der Waals surface area contributed by atoms with Gasteiger partial charge in [-0.1, -0.05) is 0 Å². The second-order valence-corrected chi connectivity index (χ2v) is 5.91. The molecule has 0 radical (unpaired) electrons. The van der Waals surface area contributed by atoms with Crippen molar-refractivity contribution in [3.05, 3.63) is 0 Å². The Hall–Kier alpha value is -0.160. The van der Waals surface area contributed by atoms with Crippen molar-refractivity contribution in [2.45, 2.75) is 51.7 Å². The van der Waals surface area contributed by atoms with Gasteiger partial charge in [0.25, 0.3) is 0 Å². The van der Waals surface area contributed by atoms with Crippen LogP contribution >= 0.6 is 0 Å². The molecule has 0 bridgehead atoms. The Morgan fingerprint density at radius 3 is 2.05 bits per heavy atom. The molecular weight excluding hydrogens is 242 g/mol. The first-order valence-corrected chi connectivity index (χ1v) is 7.78. The molecule has 1 N–H and O–H groups in total. The maximum Gasteiger partial charge on any atom is 0.0971 e. The Bertz CT molecular complexity index is 214. The first kappa shape index (κ1) is 15.2. The molecule has 0 saturated carbocycles. The Kier molecular flexibility index (Phi) is 6.57. The average Bonchev–Trinajstić information content (AvgIpc) is 2.49. The lowest BCUT2D eigenvalue weighted by molar-refractivity contribution is -0.0359. The van der Waals surface area contributed by atoms with Crippen LogP contribution < -0.4 is 5.32 Å². The summed E-state index contributed by atoms with van der Waals surface area (Å²) in [5.41, 5.74) is 0. The highest BCUT2D eigenvalue weighted by molar-refractivity contribution is 4.74. The van der Waals surface area contributed by atoms with E-state index >= 15 is 0 Å². The van der Waals surface area contributed by atoms with Crippen molar-refractivity contribution in [1.29, 1.82) is 0 Å². The SMILES string of the molecule is CC(NCOC(C)C1CCOCC1)C1CCOCC1. The number of hydrogen-bond acceptors (Lipinski definition) is 4. The van der Waals surface area contributed by atoms with Gasteiger partial charge in [0.2, 0.25) is 0 Å². The number of hydrogen-bond donors (Lipinski definition) is 1. The molecule has 0 spiro atoms. The third-order valence-electron chi connectivity index (χ3n) is 4.65. The molecule has 2 unspecified atom stereocenters. The van der Waals surface area contributed by atoms with Crippen LogP contribution in [0, 0.1) is 11.8 Å². The highest BCUT2D eigenvalue weighted by Crippen LogP contribution is 2.21. The number of rotatable bonds is 6.